The van der Waals surface area contributed by atoms with E-state index in [2.05, 4.69) is 5.32 Å². The normalized spacial score (nSPS) is 15.5. The molecule has 0 aromatic rings. The van der Waals surface area contributed by atoms with Gasteiger partial charge in [0.1, 0.15) is 6.54 Å². The molecule has 0 saturated heterocycles. The van der Waals surface area contributed by atoms with Gasteiger partial charge in [0, 0.05) is 13.1 Å². The molecular weight excluding hydrogens is 252 g/mol. The Kier molecular flexibility index (Phi) is 5.59. The summed E-state index contributed by atoms with van der Waals surface area (Å²) in [6.07, 6.45) is 1.77. The number of carboxylic acids is 1. The van der Waals surface area contributed by atoms with E-state index in [1.807, 2.05) is 0 Å². The van der Waals surface area contributed by atoms with Crippen LogP contribution in [0.2, 0.25) is 0 Å². The molecule has 1 rings (SSSR count). The van der Waals surface area contributed by atoms with E-state index >= 15 is 0 Å². The summed E-state index contributed by atoms with van der Waals surface area (Å²) >= 11 is 0. The van der Waals surface area contributed by atoms with Gasteiger partial charge in [-0.05, 0) is 25.7 Å². The highest BCUT2D eigenvalue weighted by atomic mass is 16.5. The Hall–Kier alpha value is -1.79. The molecule has 1 atom stereocenters. The van der Waals surface area contributed by atoms with E-state index in [0.717, 1.165) is 12.8 Å². The molecule has 2 amide bonds. The number of hydrogen-bond donors (Lipinski definition) is 2. The third kappa shape index (κ3) is 5.58. The summed E-state index contributed by atoms with van der Waals surface area (Å²) in [4.78, 5) is 35.0. The molecule has 108 valence electrons. The van der Waals surface area contributed by atoms with Gasteiger partial charge in [0.05, 0.1) is 13.0 Å². The van der Waals surface area contributed by atoms with E-state index in [4.69, 9.17) is 9.84 Å². The topological polar surface area (TPSA) is 95.9 Å². The van der Waals surface area contributed by atoms with Crippen LogP contribution in [0.15, 0.2) is 0 Å². The largest absolute Gasteiger partial charge is 0.481 e. The van der Waals surface area contributed by atoms with E-state index in [1.54, 1.807) is 6.92 Å². The predicted molar refractivity (Wildman–Crippen MR) is 66.6 cm³/mol. The minimum absolute atomic E-state index is 0.0936. The number of carboxylic acid groups (broad SMARTS) is 1. The molecule has 7 nitrogen and oxygen atoms in total. The van der Waals surface area contributed by atoms with Gasteiger partial charge < -0.3 is 20.1 Å². The third-order valence-electron chi connectivity index (χ3n) is 2.91. The van der Waals surface area contributed by atoms with E-state index < -0.39 is 18.0 Å². The SMILES string of the molecule is CCOC(=O)CN(C)C(=O)NC(CC(=O)O)C1CC1. The molecule has 2 N–H and O–H groups in total. The highest BCUT2D eigenvalue weighted by Crippen LogP contribution is 2.34. The fraction of sp³-hybridized carbons (Fsp3) is 0.750. The number of hydrogen-bond acceptors (Lipinski definition) is 4. The van der Waals surface area contributed by atoms with Crippen molar-refractivity contribution in [3.05, 3.63) is 0 Å². The summed E-state index contributed by atoms with van der Waals surface area (Å²) in [6.45, 7) is 1.80. The van der Waals surface area contributed by atoms with Crippen molar-refractivity contribution in [2.75, 3.05) is 20.2 Å². The van der Waals surface area contributed by atoms with Crippen molar-refractivity contribution >= 4 is 18.0 Å². The molecule has 1 aliphatic carbocycles. The molecule has 1 aliphatic rings. The Bertz CT molecular complexity index is 354. The molecule has 19 heavy (non-hydrogen) atoms. The number of nitrogens with zero attached hydrogens (tertiary/aromatic N) is 1. The van der Waals surface area contributed by atoms with Crippen LogP contribution >= 0.6 is 0 Å². The first-order valence-corrected chi connectivity index (χ1v) is 6.33. The van der Waals surface area contributed by atoms with Crippen LogP contribution in [-0.2, 0) is 14.3 Å². The molecule has 1 unspecified atom stereocenters. The van der Waals surface area contributed by atoms with Crippen LogP contribution in [0.1, 0.15) is 26.2 Å². The molecule has 0 aliphatic heterocycles. The van der Waals surface area contributed by atoms with Crippen molar-refractivity contribution in [1.29, 1.82) is 0 Å². The lowest BCUT2D eigenvalue weighted by molar-refractivity contribution is -0.143. The fourth-order valence-electron chi connectivity index (χ4n) is 1.76. The van der Waals surface area contributed by atoms with E-state index in [1.165, 1.54) is 11.9 Å². The lowest BCUT2D eigenvalue weighted by Gasteiger charge is -2.22. The zero-order chi connectivity index (χ0) is 14.4. The number of nitrogens with one attached hydrogen (secondary N) is 1. The molecule has 0 radical (unpaired) electrons. The second-order valence-electron chi connectivity index (χ2n) is 4.65. The van der Waals surface area contributed by atoms with E-state index in [9.17, 15) is 14.4 Å². The van der Waals surface area contributed by atoms with Gasteiger partial charge in [-0.3, -0.25) is 9.59 Å². The van der Waals surface area contributed by atoms with Gasteiger partial charge in [-0.1, -0.05) is 0 Å². The summed E-state index contributed by atoms with van der Waals surface area (Å²) < 4.78 is 4.74. The number of likely N-dealkylation sites (N-methyl/N-ethyl adjacent to an activating group) is 1. The van der Waals surface area contributed by atoms with Crippen molar-refractivity contribution in [2.24, 2.45) is 5.92 Å². The molecule has 0 spiro atoms. The van der Waals surface area contributed by atoms with Crippen LogP contribution in [0.25, 0.3) is 0 Å². The second kappa shape index (κ2) is 6.96. The average molecular weight is 272 g/mol. The van der Waals surface area contributed by atoms with E-state index in [-0.39, 0.29) is 31.5 Å². The maximum absolute atomic E-state index is 11.8. The minimum atomic E-state index is -0.940. The number of rotatable bonds is 7. The second-order valence-corrected chi connectivity index (χ2v) is 4.65. The summed E-state index contributed by atoms with van der Waals surface area (Å²) in [5.74, 6) is -1.19. The highest BCUT2D eigenvalue weighted by molar-refractivity contribution is 5.81. The Morgan fingerprint density at radius 3 is 2.53 bits per heavy atom. The van der Waals surface area contributed by atoms with Crippen LogP contribution in [0.4, 0.5) is 4.79 Å². The maximum Gasteiger partial charge on any atom is 0.325 e. The van der Waals surface area contributed by atoms with Gasteiger partial charge in [0.15, 0.2) is 0 Å². The standard InChI is InChI=1S/C12H20N2O5/c1-3-19-11(17)7-14(2)12(18)13-9(6-10(15)16)8-4-5-8/h8-9H,3-7H2,1-2H3,(H,13,18)(H,15,16). The molecular formula is C12H20N2O5. The summed E-state index contributed by atoms with van der Waals surface area (Å²) in [5.41, 5.74) is 0. The minimum Gasteiger partial charge on any atom is -0.481 e. The number of urea groups is 1. The molecule has 0 aromatic carbocycles. The Morgan fingerprint density at radius 1 is 1.42 bits per heavy atom. The molecule has 0 heterocycles. The fourth-order valence-corrected chi connectivity index (χ4v) is 1.76. The maximum atomic E-state index is 11.8. The Labute approximate surface area is 111 Å². The zero-order valence-corrected chi connectivity index (χ0v) is 11.2. The van der Waals surface area contributed by atoms with Crippen molar-refractivity contribution in [3.8, 4) is 0 Å². The van der Waals surface area contributed by atoms with Gasteiger partial charge in [-0.25, -0.2) is 4.79 Å². The van der Waals surface area contributed by atoms with Crippen molar-refractivity contribution in [1.82, 2.24) is 10.2 Å². The molecule has 1 fully saturated rings. The van der Waals surface area contributed by atoms with Crippen LogP contribution in [0.3, 0.4) is 0 Å². The zero-order valence-electron chi connectivity index (χ0n) is 11.2. The summed E-state index contributed by atoms with van der Waals surface area (Å²) in [6, 6.07) is -0.819. The number of ether oxygens (including phenoxy) is 1. The van der Waals surface area contributed by atoms with Crippen LogP contribution in [-0.4, -0.2) is 54.2 Å². The lowest BCUT2D eigenvalue weighted by Crippen LogP contribution is -2.46. The average Bonchev–Trinajstić information content (AvgIpc) is 3.11. The van der Waals surface area contributed by atoms with Gasteiger partial charge in [-0.15, -0.1) is 0 Å². The third-order valence-corrected chi connectivity index (χ3v) is 2.91. The first-order chi connectivity index (χ1) is 8.93. The molecule has 0 aromatic heterocycles. The van der Waals surface area contributed by atoms with Gasteiger partial charge >= 0.3 is 18.0 Å². The van der Waals surface area contributed by atoms with E-state index in [0.29, 0.717) is 0 Å². The Morgan fingerprint density at radius 2 is 2.05 bits per heavy atom. The first-order valence-electron chi connectivity index (χ1n) is 6.33. The van der Waals surface area contributed by atoms with Gasteiger partial charge in [0.2, 0.25) is 0 Å². The van der Waals surface area contributed by atoms with Crippen LogP contribution in [0.5, 0.6) is 0 Å². The summed E-state index contributed by atoms with van der Waals surface area (Å²) in [7, 11) is 1.47. The van der Waals surface area contributed by atoms with Crippen molar-refractivity contribution in [2.45, 2.75) is 32.2 Å². The summed E-state index contributed by atoms with van der Waals surface area (Å²) in [5, 5.41) is 11.4. The van der Waals surface area contributed by atoms with Gasteiger partial charge in [0.25, 0.3) is 0 Å². The smallest absolute Gasteiger partial charge is 0.325 e. The van der Waals surface area contributed by atoms with Crippen LogP contribution < -0.4 is 5.32 Å². The molecule has 1 saturated carbocycles. The Balaban J connectivity index is 2.42. The monoisotopic (exact) mass is 272 g/mol. The number of amides is 2. The highest BCUT2D eigenvalue weighted by Gasteiger charge is 2.34. The van der Waals surface area contributed by atoms with Crippen molar-refractivity contribution in [3.63, 3.8) is 0 Å². The number of carbonyl (C=O) groups is 3. The lowest BCUT2D eigenvalue weighted by atomic mass is 10.1. The number of aliphatic carboxylic acids is 1. The first kappa shape index (κ1) is 15.3. The van der Waals surface area contributed by atoms with Crippen LogP contribution in [0, 0.1) is 5.92 Å². The van der Waals surface area contributed by atoms with Gasteiger partial charge in [-0.2, -0.15) is 0 Å². The van der Waals surface area contributed by atoms with Crippen molar-refractivity contribution < 1.29 is 24.2 Å². The molecule has 7 heteroatoms. The molecule has 0 bridgehead atoms. The predicted octanol–water partition coefficient (Wildman–Crippen LogP) is 0.444. The quantitative estimate of drug-likeness (QED) is 0.656. The number of esters is 1. The number of carbonyl (C=O) groups excluding carboxylic acids is 2.